The monoisotopic (exact) mass is 435 g/mol. The lowest BCUT2D eigenvalue weighted by molar-refractivity contribution is -0.107. The summed E-state index contributed by atoms with van der Waals surface area (Å²) in [6, 6.07) is 10.6. The zero-order valence-electron chi connectivity index (χ0n) is 14.8. The van der Waals surface area contributed by atoms with Gasteiger partial charge >= 0.3 is 0 Å². The van der Waals surface area contributed by atoms with Crippen LogP contribution in [0.1, 0.15) is 35.6 Å². The predicted molar refractivity (Wildman–Crippen MR) is 109 cm³/mol. The number of halogens is 3. The molecule has 1 saturated carbocycles. The minimum absolute atomic E-state index is 0.246. The molecule has 144 valence electrons. The van der Waals surface area contributed by atoms with Gasteiger partial charge in [-0.3, -0.25) is 0 Å². The standard InChI is InChI=1S/C21H16Cl3NO3/c22-16-2-1-3-17(23)19(16)20-15(21(28-25-20)13-4-5-13)11-27-14-7-6-12(8-9-26)18(24)10-14/h1-3,6-7,9-10,13H,4-5,8,11H2. The quantitative estimate of drug-likeness (QED) is 0.397. The Bertz CT molecular complexity index is 1010. The molecule has 1 aliphatic rings. The Morgan fingerprint density at radius 3 is 2.50 bits per heavy atom. The second kappa shape index (κ2) is 8.16. The Hall–Kier alpha value is -2.01. The summed E-state index contributed by atoms with van der Waals surface area (Å²) >= 11 is 19.0. The van der Waals surface area contributed by atoms with Crippen LogP contribution in [0.4, 0.5) is 0 Å². The van der Waals surface area contributed by atoms with E-state index >= 15 is 0 Å². The molecule has 1 fully saturated rings. The molecule has 7 heteroatoms. The number of rotatable bonds is 7. The van der Waals surface area contributed by atoms with Gasteiger partial charge in [-0.05, 0) is 42.7 Å². The minimum Gasteiger partial charge on any atom is -0.489 e. The lowest BCUT2D eigenvalue weighted by atomic mass is 10.0. The molecule has 0 aliphatic heterocycles. The number of aldehydes is 1. The first-order valence-electron chi connectivity index (χ1n) is 8.86. The maximum absolute atomic E-state index is 10.7. The van der Waals surface area contributed by atoms with Crippen LogP contribution in [0.3, 0.4) is 0 Å². The van der Waals surface area contributed by atoms with E-state index < -0.39 is 0 Å². The van der Waals surface area contributed by atoms with E-state index in [4.69, 9.17) is 44.1 Å². The summed E-state index contributed by atoms with van der Waals surface area (Å²) in [5.41, 5.74) is 2.84. The van der Waals surface area contributed by atoms with Crippen LogP contribution in [0, 0.1) is 0 Å². The van der Waals surface area contributed by atoms with Crippen LogP contribution in [0.2, 0.25) is 15.1 Å². The number of hydrogen-bond donors (Lipinski definition) is 0. The molecule has 28 heavy (non-hydrogen) atoms. The largest absolute Gasteiger partial charge is 0.489 e. The molecule has 0 amide bonds. The van der Waals surface area contributed by atoms with E-state index in [1.807, 2.05) is 0 Å². The van der Waals surface area contributed by atoms with Gasteiger partial charge < -0.3 is 14.1 Å². The zero-order valence-corrected chi connectivity index (χ0v) is 17.0. The molecular weight excluding hydrogens is 421 g/mol. The highest BCUT2D eigenvalue weighted by molar-refractivity contribution is 6.39. The number of aromatic nitrogens is 1. The highest BCUT2D eigenvalue weighted by Gasteiger charge is 2.33. The summed E-state index contributed by atoms with van der Waals surface area (Å²) in [7, 11) is 0. The highest BCUT2D eigenvalue weighted by Crippen LogP contribution is 2.46. The van der Waals surface area contributed by atoms with Gasteiger partial charge in [0.15, 0.2) is 0 Å². The Kier molecular flexibility index (Phi) is 5.63. The van der Waals surface area contributed by atoms with Crippen molar-refractivity contribution >= 4 is 41.1 Å². The number of benzene rings is 2. The first-order chi connectivity index (χ1) is 13.6. The number of hydrogen-bond acceptors (Lipinski definition) is 4. The van der Waals surface area contributed by atoms with E-state index in [1.165, 1.54) is 0 Å². The van der Waals surface area contributed by atoms with E-state index in [0.29, 0.717) is 38.0 Å². The van der Waals surface area contributed by atoms with Crippen molar-refractivity contribution in [2.45, 2.75) is 31.8 Å². The predicted octanol–water partition coefficient (Wildman–Crippen LogP) is 6.50. The SMILES string of the molecule is O=CCc1ccc(OCc2c(-c3c(Cl)cccc3Cl)noc2C2CC2)cc1Cl. The molecule has 0 atom stereocenters. The zero-order chi connectivity index (χ0) is 19.7. The average molecular weight is 437 g/mol. The topological polar surface area (TPSA) is 52.3 Å². The van der Waals surface area contributed by atoms with Crippen LogP contribution in [0.25, 0.3) is 11.3 Å². The molecular formula is C21H16Cl3NO3. The highest BCUT2D eigenvalue weighted by atomic mass is 35.5. The van der Waals surface area contributed by atoms with Crippen LogP contribution >= 0.6 is 34.8 Å². The van der Waals surface area contributed by atoms with Crippen molar-refractivity contribution in [3.8, 4) is 17.0 Å². The summed E-state index contributed by atoms with van der Waals surface area (Å²) < 4.78 is 11.6. The third-order valence-corrected chi connectivity index (χ3v) is 5.66. The Balaban J connectivity index is 1.65. The lowest BCUT2D eigenvalue weighted by Gasteiger charge is -2.10. The fourth-order valence-corrected chi connectivity index (χ4v) is 3.90. The molecule has 1 aromatic heterocycles. The molecule has 0 saturated heterocycles. The van der Waals surface area contributed by atoms with Gasteiger partial charge in [0.05, 0.1) is 15.6 Å². The summed E-state index contributed by atoms with van der Waals surface area (Å²) in [5.74, 6) is 1.76. The maximum atomic E-state index is 10.7. The molecule has 4 nitrogen and oxygen atoms in total. The molecule has 2 aromatic carbocycles. The van der Waals surface area contributed by atoms with Crippen molar-refractivity contribution in [3.63, 3.8) is 0 Å². The normalized spacial score (nSPS) is 13.5. The van der Waals surface area contributed by atoms with E-state index in [0.717, 1.165) is 36.0 Å². The van der Waals surface area contributed by atoms with E-state index in [1.54, 1.807) is 36.4 Å². The number of carbonyl (C=O) groups is 1. The third kappa shape index (κ3) is 3.90. The van der Waals surface area contributed by atoms with Crippen molar-refractivity contribution in [2.24, 2.45) is 0 Å². The van der Waals surface area contributed by atoms with Crippen LogP contribution in [0.5, 0.6) is 5.75 Å². The van der Waals surface area contributed by atoms with Crippen molar-refractivity contribution in [1.29, 1.82) is 0 Å². The molecule has 0 bridgehead atoms. The molecule has 0 N–H and O–H groups in total. The summed E-state index contributed by atoms with van der Waals surface area (Å²) in [6.07, 6.45) is 3.21. The number of carbonyl (C=O) groups excluding carboxylic acids is 1. The first-order valence-corrected chi connectivity index (χ1v) is 9.99. The fourth-order valence-electron chi connectivity index (χ4n) is 3.08. The average Bonchev–Trinajstić information content (AvgIpc) is 3.43. The van der Waals surface area contributed by atoms with Crippen LogP contribution in [-0.2, 0) is 17.8 Å². The van der Waals surface area contributed by atoms with Gasteiger partial charge in [-0.1, -0.05) is 52.1 Å². The van der Waals surface area contributed by atoms with Gasteiger partial charge in [0.25, 0.3) is 0 Å². The Labute approximate surface area is 177 Å². The van der Waals surface area contributed by atoms with Crippen LogP contribution < -0.4 is 4.74 Å². The summed E-state index contributed by atoms with van der Waals surface area (Å²) in [5, 5.41) is 5.75. The Morgan fingerprint density at radius 1 is 1.11 bits per heavy atom. The minimum atomic E-state index is 0.246. The lowest BCUT2D eigenvalue weighted by Crippen LogP contribution is -2.00. The van der Waals surface area contributed by atoms with Gasteiger partial charge in [0.1, 0.15) is 30.1 Å². The summed E-state index contributed by atoms with van der Waals surface area (Å²) in [4.78, 5) is 10.7. The van der Waals surface area contributed by atoms with Gasteiger partial charge in [0, 0.05) is 22.9 Å². The molecule has 3 aromatic rings. The molecule has 1 aliphatic carbocycles. The van der Waals surface area contributed by atoms with Gasteiger partial charge in [-0.2, -0.15) is 0 Å². The van der Waals surface area contributed by atoms with Crippen molar-refractivity contribution in [1.82, 2.24) is 5.16 Å². The second-order valence-corrected chi connectivity index (χ2v) is 7.88. The maximum Gasteiger partial charge on any atom is 0.147 e. The van der Waals surface area contributed by atoms with Gasteiger partial charge in [-0.25, -0.2) is 0 Å². The second-order valence-electron chi connectivity index (χ2n) is 6.66. The smallest absolute Gasteiger partial charge is 0.147 e. The van der Waals surface area contributed by atoms with E-state index in [2.05, 4.69) is 5.16 Å². The van der Waals surface area contributed by atoms with E-state index in [-0.39, 0.29) is 13.0 Å². The Morgan fingerprint density at radius 2 is 1.86 bits per heavy atom. The van der Waals surface area contributed by atoms with E-state index in [9.17, 15) is 4.79 Å². The summed E-state index contributed by atoms with van der Waals surface area (Å²) in [6.45, 7) is 0.246. The number of ether oxygens (including phenoxy) is 1. The van der Waals surface area contributed by atoms with Crippen molar-refractivity contribution in [3.05, 3.63) is 68.4 Å². The van der Waals surface area contributed by atoms with Crippen molar-refractivity contribution in [2.75, 3.05) is 0 Å². The molecule has 4 rings (SSSR count). The van der Waals surface area contributed by atoms with Crippen LogP contribution in [0.15, 0.2) is 40.9 Å². The van der Waals surface area contributed by atoms with Gasteiger partial charge in [0.2, 0.25) is 0 Å². The third-order valence-electron chi connectivity index (χ3n) is 4.68. The molecule has 0 spiro atoms. The molecule has 0 radical (unpaired) electrons. The molecule has 1 heterocycles. The first kappa shape index (κ1) is 19.3. The van der Waals surface area contributed by atoms with Crippen LogP contribution in [-0.4, -0.2) is 11.4 Å². The fraction of sp³-hybridized carbons (Fsp3) is 0.238. The van der Waals surface area contributed by atoms with Gasteiger partial charge in [-0.15, -0.1) is 0 Å². The molecule has 0 unspecified atom stereocenters. The van der Waals surface area contributed by atoms with Crippen molar-refractivity contribution < 1.29 is 14.1 Å². The number of nitrogens with zero attached hydrogens (tertiary/aromatic N) is 1.